The van der Waals surface area contributed by atoms with Gasteiger partial charge >= 0.3 is 0 Å². The fourth-order valence-electron chi connectivity index (χ4n) is 15.9. The molecule has 0 fully saturated rings. The van der Waals surface area contributed by atoms with E-state index in [1.807, 2.05) is 0 Å². The van der Waals surface area contributed by atoms with Crippen LogP contribution in [-0.2, 0) is 0 Å². The fourth-order valence-corrected chi connectivity index (χ4v) is 15.9. The Hall–Kier alpha value is -8.98. The number of aromatic nitrogens is 2. The van der Waals surface area contributed by atoms with Gasteiger partial charge in [-0.3, -0.25) is 0 Å². The maximum absolute atomic E-state index is 2.63. The summed E-state index contributed by atoms with van der Waals surface area (Å²) in [6.07, 6.45) is 0. The van der Waals surface area contributed by atoms with Gasteiger partial charge in [-0.25, -0.2) is 0 Å². The second-order valence-corrected chi connectivity index (χ2v) is 23.9. The molecule has 2 nitrogen and oxygen atoms in total. The second-order valence-electron chi connectivity index (χ2n) is 23.9. The second kappa shape index (κ2) is 17.3. The number of nitrogens with zero attached hydrogens (tertiary/aromatic N) is 2. The molecule has 0 saturated heterocycles. The summed E-state index contributed by atoms with van der Waals surface area (Å²) in [5.41, 5.74) is 38.5. The van der Waals surface area contributed by atoms with Gasteiger partial charge < -0.3 is 8.80 Å². The largest absolute Gasteiger partial charge is 0.308 e. The van der Waals surface area contributed by atoms with Crippen molar-refractivity contribution in [2.75, 3.05) is 0 Å². The predicted molar refractivity (Wildman–Crippen MR) is 345 cm³/mol. The smallest absolute Gasteiger partial charge is 0.0634 e. The van der Waals surface area contributed by atoms with Gasteiger partial charge in [-0.05, 0) is 219 Å². The van der Waals surface area contributed by atoms with Crippen LogP contribution in [0.25, 0.3) is 143 Å². The van der Waals surface area contributed by atoms with E-state index in [0.717, 1.165) is 0 Å². The number of para-hydroxylation sites is 2. The summed E-state index contributed by atoms with van der Waals surface area (Å²) >= 11 is 0. The average molecular weight is 1030 g/mol. The van der Waals surface area contributed by atoms with Gasteiger partial charge in [0, 0.05) is 43.1 Å². The van der Waals surface area contributed by atoms with Crippen LogP contribution in [-0.4, -0.2) is 8.80 Å². The number of fused-ring (bicyclic) bond motifs is 14. The van der Waals surface area contributed by atoms with E-state index in [9.17, 15) is 0 Å². The molecule has 0 saturated carbocycles. The van der Waals surface area contributed by atoms with Crippen LogP contribution in [0.1, 0.15) is 66.8 Å². The molecule has 0 amide bonds. The predicted octanol–water partition coefficient (Wildman–Crippen LogP) is 21.7. The third kappa shape index (κ3) is 6.66. The standard InChI is InChI=1S/C78H64N2/c1-41-31-45(5)67(46(6)32-41)59-21-17-22-60(68-47(7)33-42(2)34-48(68)8)71(59)53-27-29-57-65(39-53)79-63-25-15-13-19-55(63)74-76-58-30-28-54(40-66(58)80-64-26-16-14-20-56(64)73(78(76)80)75(57)77(74)79)72-61(69-49(9)35-43(3)36-50(69)10)23-18-24-62(72)70-51(11)37-44(4)38-52(70)12/h13-40H,1-12H3. The van der Waals surface area contributed by atoms with Crippen molar-refractivity contribution in [1.29, 1.82) is 0 Å². The minimum absolute atomic E-state index is 1.22. The molecular weight excluding hydrogens is 965 g/mol. The zero-order valence-electron chi connectivity index (χ0n) is 48.1. The van der Waals surface area contributed by atoms with E-state index in [2.05, 4.69) is 262 Å². The van der Waals surface area contributed by atoms with E-state index in [-0.39, 0.29) is 0 Å². The highest BCUT2D eigenvalue weighted by molar-refractivity contribution is 6.45. The van der Waals surface area contributed by atoms with Crippen molar-refractivity contribution in [2.45, 2.75) is 83.1 Å². The highest BCUT2D eigenvalue weighted by Gasteiger charge is 2.30. The molecule has 0 aliphatic carbocycles. The molecule has 4 heterocycles. The SMILES string of the molecule is Cc1cc(C)c(-c2cccc(-c3c(C)cc(C)cc3C)c2-c2ccc3c4c5c6ccccc6n6c7cc(-c8c(-c9c(C)cc(C)cc9C)cccc8-c8c(C)cc(C)cc8C)ccc7c(c7c8ccccc8n(c3c2)c74)c56)c(C)c1. The quantitative estimate of drug-likeness (QED) is 0.157. The first-order valence-electron chi connectivity index (χ1n) is 28.6. The topological polar surface area (TPSA) is 8.82 Å². The van der Waals surface area contributed by atoms with Gasteiger partial charge in [-0.15, -0.1) is 0 Å². The molecule has 0 bridgehead atoms. The van der Waals surface area contributed by atoms with Crippen LogP contribution in [0.3, 0.4) is 0 Å². The molecule has 0 spiro atoms. The van der Waals surface area contributed by atoms with Crippen LogP contribution in [0.4, 0.5) is 0 Å². The van der Waals surface area contributed by atoms with Crippen LogP contribution in [0.15, 0.2) is 170 Å². The summed E-state index contributed by atoms with van der Waals surface area (Å²) in [5.74, 6) is 0. The minimum atomic E-state index is 1.22. The lowest BCUT2D eigenvalue weighted by Gasteiger charge is -2.22. The normalized spacial score (nSPS) is 12.2. The van der Waals surface area contributed by atoms with Crippen molar-refractivity contribution in [3.63, 3.8) is 0 Å². The van der Waals surface area contributed by atoms with Crippen molar-refractivity contribution in [3.05, 3.63) is 237 Å². The highest BCUT2D eigenvalue weighted by Crippen LogP contribution is 2.54. The summed E-state index contributed by atoms with van der Waals surface area (Å²) in [5, 5.41) is 10.4. The first-order chi connectivity index (χ1) is 38.7. The number of hydrogen-bond acceptors (Lipinski definition) is 0. The van der Waals surface area contributed by atoms with Crippen molar-refractivity contribution >= 4 is 76.2 Å². The molecule has 0 unspecified atom stereocenters. The van der Waals surface area contributed by atoms with Gasteiger partial charge in [0.15, 0.2) is 0 Å². The van der Waals surface area contributed by atoms with E-state index in [1.165, 1.54) is 210 Å². The molecule has 15 rings (SSSR count). The van der Waals surface area contributed by atoms with Crippen LogP contribution in [0.2, 0.25) is 0 Å². The maximum atomic E-state index is 2.63. The number of aryl methyl sites for hydroxylation is 12. The molecule has 0 aliphatic heterocycles. The van der Waals surface area contributed by atoms with Crippen molar-refractivity contribution < 1.29 is 0 Å². The molecule has 2 heteroatoms. The number of rotatable bonds is 6. The summed E-state index contributed by atoms with van der Waals surface area (Å²) in [6, 6.07) is 66.0. The van der Waals surface area contributed by atoms with Crippen LogP contribution >= 0.6 is 0 Å². The average Bonchev–Trinajstić information content (AvgIpc) is 4.19. The zero-order chi connectivity index (χ0) is 54.9. The molecule has 0 atom stereocenters. The van der Waals surface area contributed by atoms with Gasteiger partial charge in [-0.1, -0.05) is 168 Å². The fraction of sp³-hybridized carbons (Fsp3) is 0.154. The Labute approximate surface area is 468 Å². The Morgan fingerprint density at radius 2 is 0.487 bits per heavy atom. The summed E-state index contributed by atoms with van der Waals surface area (Å²) in [4.78, 5) is 0. The van der Waals surface area contributed by atoms with Crippen LogP contribution in [0, 0.1) is 83.1 Å². The van der Waals surface area contributed by atoms with Crippen molar-refractivity contribution in [2.24, 2.45) is 0 Å². The first kappa shape index (κ1) is 48.2. The summed E-state index contributed by atoms with van der Waals surface area (Å²) in [6.45, 7) is 27.2. The van der Waals surface area contributed by atoms with Crippen molar-refractivity contribution in [3.8, 4) is 66.8 Å². The van der Waals surface area contributed by atoms with E-state index in [1.54, 1.807) is 0 Å². The summed E-state index contributed by atoms with van der Waals surface area (Å²) < 4.78 is 5.25. The maximum Gasteiger partial charge on any atom is 0.0634 e. The van der Waals surface area contributed by atoms with Gasteiger partial charge in [0.05, 0.1) is 33.1 Å². The minimum Gasteiger partial charge on any atom is -0.308 e. The molecule has 0 radical (unpaired) electrons. The van der Waals surface area contributed by atoms with Gasteiger partial charge in [0.1, 0.15) is 0 Å². The van der Waals surface area contributed by atoms with Crippen molar-refractivity contribution in [1.82, 2.24) is 8.80 Å². The van der Waals surface area contributed by atoms with E-state index < -0.39 is 0 Å². The first-order valence-corrected chi connectivity index (χ1v) is 28.6. The molecule has 15 aromatic rings. The number of benzene rings is 11. The van der Waals surface area contributed by atoms with E-state index in [0.29, 0.717) is 0 Å². The lowest BCUT2D eigenvalue weighted by atomic mass is 9.82. The molecule has 0 N–H and O–H groups in total. The Kier molecular flexibility index (Phi) is 10.4. The number of hydrogen-bond donors (Lipinski definition) is 0. The van der Waals surface area contributed by atoms with E-state index in [4.69, 9.17) is 0 Å². The van der Waals surface area contributed by atoms with E-state index >= 15 is 0 Å². The molecule has 0 aliphatic rings. The van der Waals surface area contributed by atoms with Gasteiger partial charge in [0.25, 0.3) is 0 Å². The molecule has 386 valence electrons. The highest BCUT2D eigenvalue weighted by atomic mass is 14.9. The van der Waals surface area contributed by atoms with Crippen LogP contribution in [0.5, 0.6) is 0 Å². The third-order valence-corrected chi connectivity index (χ3v) is 18.2. The Morgan fingerprint density at radius 1 is 0.225 bits per heavy atom. The monoisotopic (exact) mass is 1030 g/mol. The Bertz CT molecular complexity index is 4610. The lowest BCUT2D eigenvalue weighted by Crippen LogP contribution is -1.98. The lowest BCUT2D eigenvalue weighted by molar-refractivity contribution is 1.31. The van der Waals surface area contributed by atoms with Crippen LogP contribution < -0.4 is 0 Å². The Balaban J connectivity index is 1.06. The molecule has 4 aromatic heterocycles. The Morgan fingerprint density at radius 3 is 0.775 bits per heavy atom. The van der Waals surface area contributed by atoms with Gasteiger partial charge in [0.2, 0.25) is 0 Å². The summed E-state index contributed by atoms with van der Waals surface area (Å²) in [7, 11) is 0. The molecule has 11 aromatic carbocycles. The van der Waals surface area contributed by atoms with Gasteiger partial charge in [-0.2, -0.15) is 0 Å². The zero-order valence-corrected chi connectivity index (χ0v) is 48.1. The molecular formula is C78H64N2. The molecule has 80 heavy (non-hydrogen) atoms. The third-order valence-electron chi connectivity index (χ3n) is 18.2.